The van der Waals surface area contributed by atoms with Gasteiger partial charge >= 0.3 is 0 Å². The van der Waals surface area contributed by atoms with Gasteiger partial charge in [-0.15, -0.1) is 0 Å². The Kier molecular flexibility index (Phi) is 2.39. The summed E-state index contributed by atoms with van der Waals surface area (Å²) >= 11 is 0. The number of nitrogens with zero attached hydrogens (tertiary/aromatic N) is 2. The Morgan fingerprint density at radius 2 is 2.08 bits per heavy atom. The Labute approximate surface area is 75.8 Å². The first-order valence-corrected chi connectivity index (χ1v) is 3.97. The van der Waals surface area contributed by atoms with Gasteiger partial charge in [0.15, 0.2) is 5.84 Å². The maximum Gasteiger partial charge on any atom is 0.289 e. The second-order valence-electron chi connectivity index (χ2n) is 2.85. The number of nitrogens with two attached hydrogens (primary N) is 3. The van der Waals surface area contributed by atoms with Gasteiger partial charge < -0.3 is 16.7 Å². The van der Waals surface area contributed by atoms with Crippen LogP contribution in [-0.4, -0.2) is 40.2 Å². The monoisotopic (exact) mass is 186 g/mol. The van der Waals surface area contributed by atoms with E-state index in [0.29, 0.717) is 11.4 Å². The quantitative estimate of drug-likeness (QED) is 0.271. The molecule has 0 aromatic rings. The molecule has 0 saturated carbocycles. The van der Waals surface area contributed by atoms with Crippen molar-refractivity contribution >= 4 is 11.7 Å². The van der Waals surface area contributed by atoms with E-state index in [-0.39, 0.29) is 11.7 Å². The molecule has 0 bridgehead atoms. The maximum absolute atomic E-state index is 11.3. The molecule has 0 amide bonds. The van der Waals surface area contributed by atoms with Crippen LogP contribution in [0.25, 0.3) is 0 Å². The summed E-state index contributed by atoms with van der Waals surface area (Å²) in [5.74, 6) is -0.0513. The topological polar surface area (TPSA) is 131 Å². The molecule has 0 spiro atoms. The van der Waals surface area contributed by atoms with E-state index >= 15 is 0 Å². The molecule has 2 atom stereocenters. The smallest absolute Gasteiger partial charge is 0.289 e. The molecule has 7 heteroatoms. The number of likely N-dealkylation sites (N-methyl/N-ethyl adjacent to an activating group) is 1. The molecule has 7 N–H and O–H groups in total. The third kappa shape index (κ3) is 1.31. The summed E-state index contributed by atoms with van der Waals surface area (Å²) in [5, 5.41) is 20.0. The third-order valence-corrected chi connectivity index (χ3v) is 2.06. The van der Waals surface area contributed by atoms with Crippen LogP contribution in [0.5, 0.6) is 0 Å². The predicted molar refractivity (Wildman–Crippen MR) is 48.9 cm³/mol. The van der Waals surface area contributed by atoms with Crippen molar-refractivity contribution in [2.45, 2.75) is 19.0 Å². The van der Waals surface area contributed by atoms with Crippen LogP contribution in [0.3, 0.4) is 0 Å². The Bertz CT molecular complexity index is 262. The fourth-order valence-electron chi connectivity index (χ4n) is 1.19. The first-order valence-electron chi connectivity index (χ1n) is 3.97. The van der Waals surface area contributed by atoms with Crippen molar-refractivity contribution in [2.75, 3.05) is 6.54 Å². The molecule has 2 unspecified atom stereocenters. The van der Waals surface area contributed by atoms with Crippen LogP contribution in [-0.2, 0) is 0 Å². The van der Waals surface area contributed by atoms with Gasteiger partial charge in [-0.25, -0.2) is 0 Å². The van der Waals surface area contributed by atoms with Gasteiger partial charge in [0.1, 0.15) is 6.04 Å². The van der Waals surface area contributed by atoms with Gasteiger partial charge in [0.2, 0.25) is 0 Å². The Balaban J connectivity index is 3.08. The van der Waals surface area contributed by atoms with Crippen molar-refractivity contribution in [2.24, 2.45) is 17.2 Å². The second kappa shape index (κ2) is 3.19. The van der Waals surface area contributed by atoms with Crippen LogP contribution in [0, 0.1) is 10.6 Å². The van der Waals surface area contributed by atoms with Crippen molar-refractivity contribution in [3.63, 3.8) is 0 Å². The molecule has 1 heterocycles. The van der Waals surface area contributed by atoms with Crippen LogP contribution in [0.4, 0.5) is 0 Å². The van der Waals surface area contributed by atoms with Crippen LogP contribution in [0.2, 0.25) is 0 Å². The summed E-state index contributed by atoms with van der Waals surface area (Å²) < 4.78 is 0. The molecule has 0 aliphatic carbocycles. The molecule has 0 saturated heterocycles. The normalized spacial score (nSPS) is 29.8. The lowest BCUT2D eigenvalue weighted by molar-refractivity contribution is -0.615. The van der Waals surface area contributed by atoms with Crippen molar-refractivity contribution in [1.82, 2.24) is 5.01 Å². The zero-order chi connectivity index (χ0) is 10.2. The minimum absolute atomic E-state index is 0.000741. The van der Waals surface area contributed by atoms with Crippen LogP contribution in [0.1, 0.15) is 6.92 Å². The lowest BCUT2D eigenvalue weighted by Crippen LogP contribution is -2.66. The number of hydrogen-bond acceptors (Lipinski definition) is 5. The van der Waals surface area contributed by atoms with Gasteiger partial charge in [0.25, 0.3) is 5.84 Å². The fraction of sp³-hybridized carbons (Fsp3) is 0.667. The van der Waals surface area contributed by atoms with Crippen LogP contribution >= 0.6 is 0 Å². The van der Waals surface area contributed by atoms with E-state index in [0.717, 1.165) is 5.01 Å². The lowest BCUT2D eigenvalue weighted by Gasteiger charge is -2.35. The third-order valence-electron chi connectivity index (χ3n) is 2.06. The molecule has 13 heavy (non-hydrogen) atoms. The SMILES string of the molecule is CCN1C(=N)C(N)C(N)C(N)=[N+]1[O-]. The highest BCUT2D eigenvalue weighted by Gasteiger charge is 2.36. The minimum atomic E-state index is -0.771. The van der Waals surface area contributed by atoms with Crippen molar-refractivity contribution in [3.05, 3.63) is 5.21 Å². The highest BCUT2D eigenvalue weighted by Crippen LogP contribution is 2.04. The molecule has 0 fully saturated rings. The molecular formula is C6H14N6O. The van der Waals surface area contributed by atoms with E-state index in [4.69, 9.17) is 22.6 Å². The average molecular weight is 186 g/mol. The number of nitrogens with one attached hydrogen (secondary N) is 1. The number of hydrazone groups is 1. The van der Waals surface area contributed by atoms with Gasteiger partial charge in [-0.05, 0) is 6.92 Å². The van der Waals surface area contributed by atoms with Gasteiger partial charge in [-0.3, -0.25) is 11.1 Å². The summed E-state index contributed by atoms with van der Waals surface area (Å²) in [5.41, 5.74) is 16.5. The first kappa shape index (κ1) is 9.75. The molecule has 74 valence electrons. The van der Waals surface area contributed by atoms with E-state index < -0.39 is 12.1 Å². The predicted octanol–water partition coefficient (Wildman–Crippen LogP) is -2.26. The summed E-state index contributed by atoms with van der Waals surface area (Å²) in [4.78, 5) is 0.427. The highest BCUT2D eigenvalue weighted by atomic mass is 16.5. The summed E-state index contributed by atoms with van der Waals surface area (Å²) in [6.07, 6.45) is 0. The number of amidine groups is 2. The molecule has 0 aromatic heterocycles. The molecular weight excluding hydrogens is 172 g/mol. The van der Waals surface area contributed by atoms with E-state index in [9.17, 15) is 5.21 Å². The van der Waals surface area contributed by atoms with E-state index in [1.54, 1.807) is 6.92 Å². The Morgan fingerprint density at radius 3 is 2.54 bits per heavy atom. The van der Waals surface area contributed by atoms with E-state index in [1.165, 1.54) is 0 Å². The second-order valence-corrected chi connectivity index (χ2v) is 2.85. The average Bonchev–Trinajstić information content (AvgIpc) is 2.13. The summed E-state index contributed by atoms with van der Waals surface area (Å²) in [6, 6.07) is -1.47. The zero-order valence-electron chi connectivity index (χ0n) is 7.40. The number of rotatable bonds is 1. The lowest BCUT2D eigenvalue weighted by atomic mass is 10.1. The largest absolute Gasteiger partial charge is 0.692 e. The number of hydrazine groups is 1. The molecule has 0 aromatic carbocycles. The summed E-state index contributed by atoms with van der Waals surface area (Å²) in [7, 11) is 0. The van der Waals surface area contributed by atoms with E-state index in [2.05, 4.69) is 0 Å². The minimum Gasteiger partial charge on any atom is -0.692 e. The Hall–Kier alpha value is -1.34. The van der Waals surface area contributed by atoms with Gasteiger partial charge in [-0.1, -0.05) is 0 Å². The standard InChI is InChI=1S/C6H14N6O/c1-2-11-5(9)3(7)4(8)6(10)12(11)13/h3-4,9H,2,7-8,10H2,1H3. The van der Waals surface area contributed by atoms with Crippen LogP contribution < -0.4 is 17.2 Å². The maximum atomic E-state index is 11.3. The molecule has 1 rings (SSSR count). The first-order chi connectivity index (χ1) is 6.00. The molecule has 1 aliphatic heterocycles. The van der Waals surface area contributed by atoms with Gasteiger partial charge in [0.05, 0.1) is 12.6 Å². The zero-order valence-corrected chi connectivity index (χ0v) is 7.40. The summed E-state index contributed by atoms with van der Waals surface area (Å²) in [6.45, 7) is 2.08. The van der Waals surface area contributed by atoms with Gasteiger partial charge in [0, 0.05) is 0 Å². The van der Waals surface area contributed by atoms with Gasteiger partial charge in [-0.2, -0.15) is 9.86 Å². The number of hydrogen-bond donors (Lipinski definition) is 4. The van der Waals surface area contributed by atoms with E-state index in [1.807, 2.05) is 0 Å². The van der Waals surface area contributed by atoms with Crippen molar-refractivity contribution in [3.8, 4) is 0 Å². The van der Waals surface area contributed by atoms with Crippen molar-refractivity contribution in [1.29, 1.82) is 5.41 Å². The molecule has 0 radical (unpaired) electrons. The molecule has 7 nitrogen and oxygen atoms in total. The Morgan fingerprint density at radius 1 is 1.54 bits per heavy atom. The molecule has 1 aliphatic rings. The van der Waals surface area contributed by atoms with Crippen molar-refractivity contribution < 1.29 is 4.85 Å². The van der Waals surface area contributed by atoms with Crippen LogP contribution in [0.15, 0.2) is 0 Å². The highest BCUT2D eigenvalue weighted by molar-refractivity contribution is 5.95. The fourth-order valence-corrected chi connectivity index (χ4v) is 1.19.